The van der Waals surface area contributed by atoms with Crippen LogP contribution in [0.4, 0.5) is 0 Å². The lowest BCUT2D eigenvalue weighted by Gasteiger charge is -2.16. The van der Waals surface area contributed by atoms with Gasteiger partial charge in [0.1, 0.15) is 5.75 Å². The van der Waals surface area contributed by atoms with Gasteiger partial charge in [-0.15, -0.1) is 0 Å². The Kier molecular flexibility index (Phi) is 4.63. The maximum absolute atomic E-state index is 11.3. The molecule has 0 spiro atoms. The van der Waals surface area contributed by atoms with E-state index in [9.17, 15) is 4.79 Å². The van der Waals surface area contributed by atoms with E-state index in [0.717, 1.165) is 6.42 Å². The molecule has 82 valence electrons. The van der Waals surface area contributed by atoms with Gasteiger partial charge in [0.15, 0.2) is 6.10 Å². The number of nitrogens with two attached hydrogens (primary N) is 1. The molecular formula is C11H16N2O2. The Bertz CT molecular complexity index is 301. The normalized spacial score (nSPS) is 11.9. The number of benzene rings is 1. The van der Waals surface area contributed by atoms with Crippen molar-refractivity contribution in [3.63, 3.8) is 0 Å². The predicted octanol–water partition coefficient (Wildman–Crippen LogP) is 1.22. The zero-order valence-electron chi connectivity index (χ0n) is 8.77. The van der Waals surface area contributed by atoms with E-state index in [1.165, 1.54) is 0 Å². The Morgan fingerprint density at radius 1 is 1.47 bits per heavy atom. The van der Waals surface area contributed by atoms with Crippen molar-refractivity contribution in [3.8, 4) is 5.75 Å². The van der Waals surface area contributed by atoms with Gasteiger partial charge in [-0.25, -0.2) is 5.84 Å². The highest BCUT2D eigenvalue weighted by atomic mass is 16.5. The molecule has 3 N–H and O–H groups in total. The van der Waals surface area contributed by atoms with E-state index >= 15 is 0 Å². The largest absolute Gasteiger partial charge is 0.481 e. The van der Waals surface area contributed by atoms with Gasteiger partial charge in [-0.1, -0.05) is 31.5 Å². The minimum Gasteiger partial charge on any atom is -0.481 e. The molecule has 4 heteroatoms. The third-order valence-electron chi connectivity index (χ3n) is 2.01. The van der Waals surface area contributed by atoms with Crippen molar-refractivity contribution in [2.24, 2.45) is 5.84 Å². The van der Waals surface area contributed by atoms with Gasteiger partial charge < -0.3 is 4.74 Å². The van der Waals surface area contributed by atoms with E-state index < -0.39 is 6.10 Å². The van der Waals surface area contributed by atoms with Crippen LogP contribution in [0, 0.1) is 0 Å². The van der Waals surface area contributed by atoms with E-state index in [0.29, 0.717) is 12.2 Å². The van der Waals surface area contributed by atoms with Crippen molar-refractivity contribution in [2.75, 3.05) is 0 Å². The molecule has 4 nitrogen and oxygen atoms in total. The predicted molar refractivity (Wildman–Crippen MR) is 58.1 cm³/mol. The number of carbonyl (C=O) groups excluding carboxylic acids is 1. The fourth-order valence-corrected chi connectivity index (χ4v) is 1.26. The number of hydrazine groups is 1. The average molecular weight is 208 g/mol. The summed E-state index contributed by atoms with van der Waals surface area (Å²) < 4.78 is 5.52. The Balaban J connectivity index is 2.62. The Morgan fingerprint density at radius 3 is 2.67 bits per heavy atom. The van der Waals surface area contributed by atoms with E-state index in [1.807, 2.05) is 37.3 Å². The highest BCUT2D eigenvalue weighted by Gasteiger charge is 2.17. The van der Waals surface area contributed by atoms with Crippen LogP contribution in [0.3, 0.4) is 0 Å². The first-order valence-electron chi connectivity index (χ1n) is 5.00. The molecule has 1 aromatic carbocycles. The van der Waals surface area contributed by atoms with Crippen LogP contribution < -0.4 is 16.0 Å². The Labute approximate surface area is 89.4 Å². The number of carbonyl (C=O) groups is 1. The first-order chi connectivity index (χ1) is 7.27. The summed E-state index contributed by atoms with van der Waals surface area (Å²) in [6, 6.07) is 9.24. The van der Waals surface area contributed by atoms with Crippen molar-refractivity contribution in [3.05, 3.63) is 30.3 Å². The van der Waals surface area contributed by atoms with Gasteiger partial charge in [0, 0.05) is 0 Å². The molecule has 0 aliphatic carbocycles. The lowest BCUT2D eigenvalue weighted by molar-refractivity contribution is -0.128. The smallest absolute Gasteiger partial charge is 0.274 e. The second kappa shape index (κ2) is 6.03. The Hall–Kier alpha value is -1.55. The van der Waals surface area contributed by atoms with Crippen LogP contribution in [0.25, 0.3) is 0 Å². The van der Waals surface area contributed by atoms with Crippen LogP contribution in [-0.2, 0) is 4.79 Å². The molecule has 0 aliphatic heterocycles. The molecule has 0 aliphatic rings. The maximum atomic E-state index is 11.3. The van der Waals surface area contributed by atoms with E-state index in [-0.39, 0.29) is 5.91 Å². The van der Waals surface area contributed by atoms with E-state index in [4.69, 9.17) is 10.6 Å². The average Bonchev–Trinajstić information content (AvgIpc) is 2.29. The minimum absolute atomic E-state index is 0.291. The molecular weight excluding hydrogens is 192 g/mol. The van der Waals surface area contributed by atoms with Gasteiger partial charge in [-0.3, -0.25) is 10.2 Å². The summed E-state index contributed by atoms with van der Waals surface area (Å²) >= 11 is 0. The summed E-state index contributed by atoms with van der Waals surface area (Å²) in [7, 11) is 0. The molecule has 1 rings (SSSR count). The molecule has 1 atom stereocenters. The summed E-state index contributed by atoms with van der Waals surface area (Å²) in [5.41, 5.74) is 2.11. The second-order valence-electron chi connectivity index (χ2n) is 3.22. The first-order valence-corrected chi connectivity index (χ1v) is 5.00. The molecule has 0 unspecified atom stereocenters. The van der Waals surface area contributed by atoms with Crippen LogP contribution in [0.2, 0.25) is 0 Å². The van der Waals surface area contributed by atoms with Gasteiger partial charge in [0.2, 0.25) is 0 Å². The lowest BCUT2D eigenvalue weighted by Crippen LogP contribution is -2.42. The summed E-state index contributed by atoms with van der Waals surface area (Å²) in [6.45, 7) is 1.99. The maximum Gasteiger partial charge on any atom is 0.274 e. The number of rotatable bonds is 5. The molecule has 0 saturated heterocycles. The fraction of sp³-hybridized carbons (Fsp3) is 0.364. The number of ether oxygens (including phenoxy) is 1. The van der Waals surface area contributed by atoms with Crippen molar-refractivity contribution in [1.29, 1.82) is 0 Å². The molecule has 0 saturated carbocycles. The van der Waals surface area contributed by atoms with Crippen LogP contribution in [0.5, 0.6) is 5.75 Å². The van der Waals surface area contributed by atoms with Crippen molar-refractivity contribution >= 4 is 5.91 Å². The quantitative estimate of drug-likeness (QED) is 0.434. The molecule has 0 aromatic heterocycles. The number of hydrogen-bond donors (Lipinski definition) is 2. The van der Waals surface area contributed by atoms with Crippen molar-refractivity contribution in [1.82, 2.24) is 5.43 Å². The van der Waals surface area contributed by atoms with Crippen LogP contribution in [-0.4, -0.2) is 12.0 Å². The molecule has 0 bridgehead atoms. The number of para-hydroxylation sites is 1. The third-order valence-corrected chi connectivity index (χ3v) is 2.01. The molecule has 0 heterocycles. The summed E-state index contributed by atoms with van der Waals surface area (Å²) in [4.78, 5) is 11.3. The second-order valence-corrected chi connectivity index (χ2v) is 3.22. The molecule has 0 fully saturated rings. The van der Waals surface area contributed by atoms with Crippen LogP contribution in [0.15, 0.2) is 30.3 Å². The van der Waals surface area contributed by atoms with Crippen LogP contribution in [0.1, 0.15) is 19.8 Å². The van der Waals surface area contributed by atoms with Gasteiger partial charge in [-0.05, 0) is 18.6 Å². The number of nitrogens with one attached hydrogen (secondary N) is 1. The monoisotopic (exact) mass is 208 g/mol. The number of amides is 1. The third kappa shape index (κ3) is 3.59. The zero-order chi connectivity index (χ0) is 11.1. The highest BCUT2D eigenvalue weighted by molar-refractivity contribution is 5.80. The Morgan fingerprint density at radius 2 is 2.13 bits per heavy atom. The summed E-state index contributed by atoms with van der Waals surface area (Å²) in [5, 5.41) is 0. The van der Waals surface area contributed by atoms with Gasteiger partial charge in [-0.2, -0.15) is 0 Å². The first kappa shape index (κ1) is 11.5. The van der Waals surface area contributed by atoms with E-state index in [1.54, 1.807) is 0 Å². The van der Waals surface area contributed by atoms with Gasteiger partial charge in [0.05, 0.1) is 0 Å². The number of hydrogen-bond acceptors (Lipinski definition) is 3. The SMILES string of the molecule is CCC[C@@H](Oc1ccccc1)C(=O)NN. The van der Waals surface area contributed by atoms with Gasteiger partial charge in [0.25, 0.3) is 5.91 Å². The topological polar surface area (TPSA) is 64.3 Å². The van der Waals surface area contributed by atoms with E-state index in [2.05, 4.69) is 5.43 Å². The zero-order valence-corrected chi connectivity index (χ0v) is 8.77. The highest BCUT2D eigenvalue weighted by Crippen LogP contribution is 2.13. The summed E-state index contributed by atoms with van der Waals surface area (Å²) in [6.07, 6.45) is 1.01. The van der Waals surface area contributed by atoms with Gasteiger partial charge >= 0.3 is 0 Å². The molecule has 0 radical (unpaired) electrons. The lowest BCUT2D eigenvalue weighted by atomic mass is 10.2. The fourth-order valence-electron chi connectivity index (χ4n) is 1.26. The van der Waals surface area contributed by atoms with Crippen molar-refractivity contribution in [2.45, 2.75) is 25.9 Å². The molecule has 1 aromatic rings. The standard InChI is InChI=1S/C11H16N2O2/c1-2-6-10(11(14)13-12)15-9-7-4-3-5-8-9/h3-5,7-8,10H,2,6,12H2,1H3,(H,13,14)/t10-/m1/s1. The molecule has 15 heavy (non-hydrogen) atoms. The summed E-state index contributed by atoms with van der Waals surface area (Å²) in [5.74, 6) is 5.47. The minimum atomic E-state index is -0.512. The van der Waals surface area contributed by atoms with Crippen LogP contribution >= 0.6 is 0 Å². The molecule has 1 amide bonds. The van der Waals surface area contributed by atoms with Crippen molar-refractivity contribution < 1.29 is 9.53 Å².